The molecule has 1 aromatic carbocycles. The van der Waals surface area contributed by atoms with E-state index in [9.17, 15) is 14.7 Å². The molecule has 0 radical (unpaired) electrons. The number of thioether (sulfide) groups is 2. The van der Waals surface area contributed by atoms with Crippen LogP contribution in [0.5, 0.6) is 5.75 Å². The Kier molecular flexibility index (Phi) is 6.04. The van der Waals surface area contributed by atoms with E-state index in [2.05, 4.69) is 20.9 Å². The van der Waals surface area contributed by atoms with Crippen LogP contribution < -0.4 is 4.74 Å². The van der Waals surface area contributed by atoms with Gasteiger partial charge in [-0.05, 0) is 64.5 Å². The van der Waals surface area contributed by atoms with E-state index in [4.69, 9.17) is 4.74 Å². The van der Waals surface area contributed by atoms with Crippen LogP contribution in [0.4, 0.5) is 0 Å². The maximum atomic E-state index is 13.2. The van der Waals surface area contributed by atoms with Crippen LogP contribution in [0.2, 0.25) is 0 Å². The highest BCUT2D eigenvalue weighted by molar-refractivity contribution is 9.10. The number of hydrogen-bond acceptors (Lipinski definition) is 5. The zero-order chi connectivity index (χ0) is 18.8. The van der Waals surface area contributed by atoms with Crippen LogP contribution in [0.1, 0.15) is 48.7 Å². The first-order valence-corrected chi connectivity index (χ1v) is 10.9. The lowest BCUT2D eigenvalue weighted by atomic mass is 9.99. The molecule has 26 heavy (non-hydrogen) atoms. The van der Waals surface area contributed by atoms with Gasteiger partial charge in [0.2, 0.25) is 0 Å². The Labute approximate surface area is 168 Å². The number of ether oxygens (including phenoxy) is 1. The summed E-state index contributed by atoms with van der Waals surface area (Å²) in [5.74, 6) is 1.40. The van der Waals surface area contributed by atoms with E-state index in [-0.39, 0.29) is 16.1 Å². The van der Waals surface area contributed by atoms with Gasteiger partial charge in [-0.3, -0.25) is 4.79 Å². The minimum absolute atomic E-state index is 0.0381. The minimum Gasteiger partial charge on any atom is -0.496 e. The van der Waals surface area contributed by atoms with Crippen LogP contribution in [0, 0.1) is 6.92 Å². The van der Waals surface area contributed by atoms with Crippen LogP contribution in [0.15, 0.2) is 22.7 Å². The van der Waals surface area contributed by atoms with E-state index in [1.54, 1.807) is 55.8 Å². The molecule has 3 rings (SSSR count). The number of hydrogen-bond donors (Lipinski definition) is 2. The van der Waals surface area contributed by atoms with Crippen LogP contribution in [0.25, 0.3) is 0 Å². The number of rotatable bonds is 5. The average Bonchev–Trinajstić information content (AvgIpc) is 2.99. The normalized spacial score (nSPS) is 15.0. The number of H-pyrrole nitrogens is 1. The second-order valence-corrected chi connectivity index (χ2v) is 9.40. The minimum atomic E-state index is -1.05. The highest BCUT2D eigenvalue weighted by Crippen LogP contribution is 2.45. The number of carbonyl (C=O) groups is 2. The number of carbonyl (C=O) groups excluding carboxylic acids is 1. The largest absolute Gasteiger partial charge is 0.496 e. The van der Waals surface area contributed by atoms with Crippen molar-refractivity contribution in [3.8, 4) is 5.75 Å². The molecule has 0 atom stereocenters. The molecule has 1 aliphatic rings. The van der Waals surface area contributed by atoms with Gasteiger partial charge in [0.15, 0.2) is 5.78 Å². The topological polar surface area (TPSA) is 79.4 Å². The smallest absolute Gasteiger partial charge is 0.352 e. The predicted octanol–water partition coefficient (Wildman–Crippen LogP) is 4.89. The van der Waals surface area contributed by atoms with Gasteiger partial charge in [-0.25, -0.2) is 4.79 Å². The van der Waals surface area contributed by atoms with Crippen molar-refractivity contribution in [3.63, 3.8) is 0 Å². The fraction of sp³-hybridized carbons (Fsp3) is 0.333. The molecule has 5 nitrogen and oxygen atoms in total. The summed E-state index contributed by atoms with van der Waals surface area (Å²) in [5.41, 5.74) is 2.22. The number of carboxylic acid groups (broad SMARTS) is 1. The number of aromatic amines is 1. The van der Waals surface area contributed by atoms with E-state index in [0.717, 1.165) is 17.9 Å². The molecule has 0 saturated carbocycles. The number of aromatic nitrogens is 1. The molecule has 138 valence electrons. The van der Waals surface area contributed by atoms with Gasteiger partial charge in [0, 0.05) is 11.1 Å². The molecule has 0 unspecified atom stereocenters. The molecule has 2 heterocycles. The first kappa shape index (κ1) is 19.4. The average molecular weight is 456 g/mol. The number of methoxy groups -OCH3 is 1. The van der Waals surface area contributed by atoms with Crippen molar-refractivity contribution in [2.75, 3.05) is 18.6 Å². The van der Waals surface area contributed by atoms with Gasteiger partial charge in [0.25, 0.3) is 0 Å². The van der Waals surface area contributed by atoms with Gasteiger partial charge >= 0.3 is 5.97 Å². The zero-order valence-electron chi connectivity index (χ0n) is 14.3. The fourth-order valence-electron chi connectivity index (χ4n) is 2.91. The molecule has 2 aromatic rings. The van der Waals surface area contributed by atoms with Gasteiger partial charge in [-0.1, -0.05) is 0 Å². The number of halogens is 1. The molecule has 0 spiro atoms. The third-order valence-corrected chi connectivity index (χ3v) is 7.76. The zero-order valence-corrected chi connectivity index (χ0v) is 17.5. The summed E-state index contributed by atoms with van der Waals surface area (Å²) >= 11 is 6.89. The number of carboxylic acids is 1. The first-order chi connectivity index (χ1) is 12.4. The molecule has 0 bridgehead atoms. The number of nitrogens with one attached hydrogen (secondary N) is 1. The Bertz CT molecular complexity index is 859. The molecular weight excluding hydrogens is 438 g/mol. The van der Waals surface area contributed by atoms with Crippen LogP contribution in [-0.2, 0) is 0 Å². The van der Waals surface area contributed by atoms with Crippen molar-refractivity contribution in [3.05, 3.63) is 50.8 Å². The Balaban J connectivity index is 2.08. The molecule has 2 N–H and O–H groups in total. The fourth-order valence-corrected chi connectivity index (χ4v) is 6.33. The second kappa shape index (κ2) is 8.10. The summed E-state index contributed by atoms with van der Waals surface area (Å²) in [6, 6.07) is 5.13. The Hall–Kier alpha value is -1.38. The molecule has 8 heteroatoms. The molecular formula is C18H18BrNO4S2. The van der Waals surface area contributed by atoms with Crippen molar-refractivity contribution in [2.24, 2.45) is 0 Å². The summed E-state index contributed by atoms with van der Waals surface area (Å²) < 4.78 is 5.93. The maximum absolute atomic E-state index is 13.2. The lowest BCUT2D eigenvalue weighted by molar-refractivity contribution is 0.0690. The van der Waals surface area contributed by atoms with E-state index < -0.39 is 5.97 Å². The summed E-state index contributed by atoms with van der Waals surface area (Å²) in [6.45, 7) is 1.69. The van der Waals surface area contributed by atoms with Gasteiger partial charge in [-0.2, -0.15) is 0 Å². The number of benzene rings is 1. The van der Waals surface area contributed by atoms with Gasteiger partial charge in [-0.15, -0.1) is 23.5 Å². The molecule has 1 fully saturated rings. The van der Waals surface area contributed by atoms with E-state index in [1.807, 2.05) is 0 Å². The van der Waals surface area contributed by atoms with E-state index >= 15 is 0 Å². The SMILES string of the molecule is COc1ccc(C(=O)c2c(C3SCCCS3)[nH]c(C(=O)O)c2C)cc1Br. The Morgan fingerprint density at radius 1 is 1.31 bits per heavy atom. The summed E-state index contributed by atoms with van der Waals surface area (Å²) in [4.78, 5) is 27.8. The van der Waals surface area contributed by atoms with Crippen molar-refractivity contribution < 1.29 is 19.4 Å². The quantitative estimate of drug-likeness (QED) is 0.624. The summed E-state index contributed by atoms with van der Waals surface area (Å²) in [6.07, 6.45) is 1.12. The van der Waals surface area contributed by atoms with Gasteiger partial charge in [0.1, 0.15) is 11.4 Å². The predicted molar refractivity (Wildman–Crippen MR) is 109 cm³/mol. The first-order valence-electron chi connectivity index (χ1n) is 8.01. The number of aromatic carboxylic acids is 1. The van der Waals surface area contributed by atoms with Crippen molar-refractivity contribution in [1.29, 1.82) is 0 Å². The standard InChI is InChI=1S/C18H18BrNO4S2/c1-9-13(16(21)10-4-5-12(24-2)11(19)8-10)15(20-14(9)17(22)23)18-25-6-3-7-26-18/h4-5,8,18,20H,3,6-7H2,1-2H3,(H,22,23). The summed E-state index contributed by atoms with van der Waals surface area (Å²) in [5, 5.41) is 9.49. The van der Waals surface area contributed by atoms with Crippen molar-refractivity contribution >= 4 is 51.2 Å². The van der Waals surface area contributed by atoms with Gasteiger partial charge < -0.3 is 14.8 Å². The number of ketones is 1. The molecule has 1 aliphatic heterocycles. The van der Waals surface area contributed by atoms with E-state index in [1.165, 1.54) is 0 Å². The highest BCUT2D eigenvalue weighted by atomic mass is 79.9. The lowest BCUT2D eigenvalue weighted by Crippen LogP contribution is -2.09. The van der Waals surface area contributed by atoms with Crippen LogP contribution >= 0.6 is 39.5 Å². The molecule has 0 amide bonds. The molecule has 0 aliphatic carbocycles. The third-order valence-electron chi connectivity index (χ3n) is 4.20. The molecule has 1 aromatic heterocycles. The van der Waals surface area contributed by atoms with Crippen molar-refractivity contribution in [2.45, 2.75) is 17.9 Å². The maximum Gasteiger partial charge on any atom is 0.352 e. The second-order valence-electron chi connectivity index (χ2n) is 5.82. The molecule has 1 saturated heterocycles. The summed E-state index contributed by atoms with van der Waals surface area (Å²) in [7, 11) is 1.56. The monoisotopic (exact) mass is 455 g/mol. The van der Waals surface area contributed by atoms with Crippen LogP contribution in [0.3, 0.4) is 0 Å². The van der Waals surface area contributed by atoms with Crippen LogP contribution in [-0.4, -0.2) is 40.5 Å². The lowest BCUT2D eigenvalue weighted by Gasteiger charge is -2.21. The van der Waals surface area contributed by atoms with Crippen molar-refractivity contribution in [1.82, 2.24) is 4.98 Å². The Morgan fingerprint density at radius 3 is 2.58 bits per heavy atom. The highest BCUT2D eigenvalue weighted by Gasteiger charge is 2.30. The third kappa shape index (κ3) is 3.68. The van der Waals surface area contributed by atoms with Gasteiger partial charge in [0.05, 0.1) is 21.9 Å². The van der Waals surface area contributed by atoms with E-state index in [0.29, 0.717) is 32.6 Å². The Morgan fingerprint density at radius 2 is 2.00 bits per heavy atom.